The van der Waals surface area contributed by atoms with Gasteiger partial charge in [0.15, 0.2) is 11.6 Å². The van der Waals surface area contributed by atoms with Gasteiger partial charge in [-0.15, -0.1) is 11.3 Å². The Kier molecular flexibility index (Phi) is 6.44. The molecule has 5 nitrogen and oxygen atoms in total. The van der Waals surface area contributed by atoms with Crippen LogP contribution >= 0.6 is 11.3 Å². The Hall–Kier alpha value is -1.48. The topological polar surface area (TPSA) is 75.6 Å². The van der Waals surface area contributed by atoms with Crippen molar-refractivity contribution in [3.8, 4) is 5.75 Å². The van der Waals surface area contributed by atoms with E-state index < -0.39 is 21.9 Å². The number of ether oxygens (including phenoxy) is 1. The zero-order chi connectivity index (χ0) is 20.4. The van der Waals surface area contributed by atoms with Crippen LogP contribution in [0.15, 0.2) is 35.2 Å². The average molecular weight is 428 g/mol. The van der Waals surface area contributed by atoms with E-state index in [4.69, 9.17) is 4.74 Å². The SMILES string of the molecule is CCOc1ccc(S(=O)(=O)NCC2(c3ccc(C(C)O)s3)CCCC2)cc1F. The van der Waals surface area contributed by atoms with Gasteiger partial charge < -0.3 is 9.84 Å². The first-order chi connectivity index (χ1) is 13.3. The van der Waals surface area contributed by atoms with Crippen LogP contribution in [0.25, 0.3) is 0 Å². The Balaban J connectivity index is 1.80. The van der Waals surface area contributed by atoms with Gasteiger partial charge in [-0.2, -0.15) is 0 Å². The second-order valence-electron chi connectivity index (χ2n) is 7.22. The number of nitrogens with one attached hydrogen (secondary N) is 1. The van der Waals surface area contributed by atoms with Crippen molar-refractivity contribution >= 4 is 21.4 Å². The number of sulfonamides is 1. The number of aliphatic hydroxyl groups is 1. The molecule has 28 heavy (non-hydrogen) atoms. The molecule has 1 aliphatic carbocycles. The summed E-state index contributed by atoms with van der Waals surface area (Å²) < 4.78 is 47.4. The van der Waals surface area contributed by atoms with Gasteiger partial charge in [-0.25, -0.2) is 17.5 Å². The van der Waals surface area contributed by atoms with Crippen LogP contribution in [0.2, 0.25) is 0 Å². The van der Waals surface area contributed by atoms with Crippen LogP contribution in [0.5, 0.6) is 5.75 Å². The fraction of sp³-hybridized carbons (Fsp3) is 0.500. The third-order valence-corrected chi connectivity index (χ3v) is 8.14. The Morgan fingerprint density at radius 1 is 1.29 bits per heavy atom. The quantitative estimate of drug-likeness (QED) is 0.664. The summed E-state index contributed by atoms with van der Waals surface area (Å²) in [6.07, 6.45) is 3.28. The normalized spacial score (nSPS) is 17.6. The number of rotatable bonds is 8. The Morgan fingerprint density at radius 3 is 2.57 bits per heavy atom. The first kappa shape index (κ1) is 21.2. The summed E-state index contributed by atoms with van der Waals surface area (Å²) in [4.78, 5) is 1.84. The average Bonchev–Trinajstić information content (AvgIpc) is 3.32. The molecule has 0 spiro atoms. The molecule has 1 aromatic heterocycles. The standard InChI is InChI=1S/C20H26FNO4S2/c1-3-26-17-7-6-15(12-16(17)21)28(24,25)22-13-20(10-4-5-11-20)19-9-8-18(27-19)14(2)23/h6-9,12,14,22-23H,3-5,10-11,13H2,1-2H3. The molecule has 0 bridgehead atoms. The lowest BCUT2D eigenvalue weighted by Crippen LogP contribution is -2.38. The highest BCUT2D eigenvalue weighted by atomic mass is 32.2. The summed E-state index contributed by atoms with van der Waals surface area (Å²) in [6, 6.07) is 7.58. The van der Waals surface area contributed by atoms with Gasteiger partial charge in [-0.3, -0.25) is 0 Å². The van der Waals surface area contributed by atoms with E-state index in [9.17, 15) is 17.9 Å². The Bertz CT molecular complexity index is 918. The molecule has 1 heterocycles. The molecular formula is C20H26FNO4S2. The minimum absolute atomic E-state index is 0.0398. The highest BCUT2D eigenvalue weighted by molar-refractivity contribution is 7.89. The Morgan fingerprint density at radius 2 is 2.00 bits per heavy atom. The van der Waals surface area contributed by atoms with E-state index >= 15 is 0 Å². The highest BCUT2D eigenvalue weighted by Gasteiger charge is 2.38. The van der Waals surface area contributed by atoms with Crippen LogP contribution in [-0.2, 0) is 15.4 Å². The molecule has 8 heteroatoms. The molecule has 0 saturated heterocycles. The molecular weight excluding hydrogens is 401 g/mol. The molecule has 1 aromatic carbocycles. The van der Waals surface area contributed by atoms with Gasteiger partial charge in [0.2, 0.25) is 10.0 Å². The second kappa shape index (κ2) is 8.49. The van der Waals surface area contributed by atoms with Crippen LogP contribution in [0.1, 0.15) is 55.4 Å². The van der Waals surface area contributed by atoms with E-state index in [0.717, 1.165) is 41.5 Å². The highest BCUT2D eigenvalue weighted by Crippen LogP contribution is 2.44. The molecule has 2 N–H and O–H groups in total. The third-order valence-electron chi connectivity index (χ3n) is 5.24. The first-order valence-electron chi connectivity index (χ1n) is 9.48. The molecule has 1 atom stereocenters. The lowest BCUT2D eigenvalue weighted by atomic mass is 9.85. The zero-order valence-corrected chi connectivity index (χ0v) is 17.7. The van der Waals surface area contributed by atoms with Crippen LogP contribution in [0.4, 0.5) is 4.39 Å². The number of hydrogen-bond acceptors (Lipinski definition) is 5. The smallest absolute Gasteiger partial charge is 0.240 e. The molecule has 3 rings (SSSR count). The van der Waals surface area contributed by atoms with E-state index in [-0.39, 0.29) is 22.6 Å². The minimum atomic E-state index is -3.85. The van der Waals surface area contributed by atoms with E-state index in [1.54, 1.807) is 13.8 Å². The summed E-state index contributed by atoms with van der Waals surface area (Å²) in [5, 5.41) is 9.81. The van der Waals surface area contributed by atoms with Gasteiger partial charge in [-0.05, 0) is 57.0 Å². The molecule has 2 aromatic rings. The van der Waals surface area contributed by atoms with Crippen molar-refractivity contribution in [2.45, 2.75) is 55.9 Å². The maximum absolute atomic E-state index is 14.1. The van der Waals surface area contributed by atoms with Crippen LogP contribution < -0.4 is 9.46 Å². The summed E-state index contributed by atoms with van der Waals surface area (Å²) in [5.74, 6) is -0.655. The number of halogens is 1. The number of thiophene rings is 1. The molecule has 154 valence electrons. The zero-order valence-electron chi connectivity index (χ0n) is 16.1. The monoisotopic (exact) mass is 427 g/mol. The van der Waals surface area contributed by atoms with E-state index in [0.29, 0.717) is 6.61 Å². The van der Waals surface area contributed by atoms with Crippen LogP contribution in [-0.4, -0.2) is 26.7 Å². The predicted molar refractivity (Wildman–Crippen MR) is 108 cm³/mol. The van der Waals surface area contributed by atoms with Gasteiger partial charge in [0.1, 0.15) is 0 Å². The van der Waals surface area contributed by atoms with Crippen molar-refractivity contribution in [1.82, 2.24) is 4.72 Å². The molecule has 0 radical (unpaired) electrons. The van der Waals surface area contributed by atoms with Gasteiger partial charge in [0.05, 0.1) is 17.6 Å². The van der Waals surface area contributed by atoms with Crippen molar-refractivity contribution in [1.29, 1.82) is 0 Å². The fourth-order valence-electron chi connectivity index (χ4n) is 3.66. The second-order valence-corrected chi connectivity index (χ2v) is 10.1. The minimum Gasteiger partial charge on any atom is -0.491 e. The van der Waals surface area contributed by atoms with Gasteiger partial charge in [0.25, 0.3) is 0 Å². The molecule has 1 aliphatic rings. The van der Waals surface area contributed by atoms with E-state index in [2.05, 4.69) is 4.72 Å². The summed E-state index contributed by atoms with van der Waals surface area (Å²) >= 11 is 1.53. The Labute approximate surface area is 169 Å². The molecule has 0 aliphatic heterocycles. The maximum Gasteiger partial charge on any atom is 0.240 e. The molecule has 0 amide bonds. The van der Waals surface area contributed by atoms with Crippen molar-refractivity contribution < 1.29 is 22.7 Å². The van der Waals surface area contributed by atoms with Crippen molar-refractivity contribution in [2.24, 2.45) is 0 Å². The number of benzene rings is 1. The third kappa shape index (κ3) is 4.40. The van der Waals surface area contributed by atoms with Crippen molar-refractivity contribution in [3.63, 3.8) is 0 Å². The lowest BCUT2D eigenvalue weighted by molar-refractivity contribution is 0.203. The van der Waals surface area contributed by atoms with E-state index in [1.807, 2.05) is 12.1 Å². The van der Waals surface area contributed by atoms with E-state index in [1.165, 1.54) is 23.5 Å². The van der Waals surface area contributed by atoms with Crippen molar-refractivity contribution in [3.05, 3.63) is 45.9 Å². The predicted octanol–water partition coefficient (Wildman–Crippen LogP) is 4.13. The maximum atomic E-state index is 14.1. The first-order valence-corrected chi connectivity index (χ1v) is 11.8. The lowest BCUT2D eigenvalue weighted by Gasteiger charge is -2.28. The summed E-state index contributed by atoms with van der Waals surface area (Å²) in [7, 11) is -3.85. The van der Waals surface area contributed by atoms with Gasteiger partial charge in [-0.1, -0.05) is 12.8 Å². The molecule has 1 saturated carbocycles. The van der Waals surface area contributed by atoms with Gasteiger partial charge in [0, 0.05) is 21.7 Å². The molecule has 1 unspecified atom stereocenters. The van der Waals surface area contributed by atoms with Crippen molar-refractivity contribution in [2.75, 3.05) is 13.2 Å². The summed E-state index contributed by atoms with van der Waals surface area (Å²) in [6.45, 7) is 4.02. The van der Waals surface area contributed by atoms with Crippen LogP contribution in [0, 0.1) is 5.82 Å². The summed E-state index contributed by atoms with van der Waals surface area (Å²) in [5.41, 5.74) is -0.283. The van der Waals surface area contributed by atoms with Gasteiger partial charge >= 0.3 is 0 Å². The number of aliphatic hydroxyl groups excluding tert-OH is 1. The van der Waals surface area contributed by atoms with Crippen LogP contribution in [0.3, 0.4) is 0 Å². The fourth-order valence-corrected chi connectivity index (χ4v) is 5.99. The largest absolute Gasteiger partial charge is 0.491 e. The number of hydrogen-bond donors (Lipinski definition) is 2. The molecule has 1 fully saturated rings.